The summed E-state index contributed by atoms with van der Waals surface area (Å²) >= 11 is 0. The van der Waals surface area contributed by atoms with Crippen molar-refractivity contribution >= 4 is 86.7 Å². The Bertz CT molecular complexity index is 3170. The first-order valence-electron chi connectivity index (χ1n) is 19.2. The van der Waals surface area contributed by atoms with Crippen molar-refractivity contribution < 1.29 is 0 Å². The van der Waals surface area contributed by atoms with Gasteiger partial charge in [-0.15, -0.1) is 0 Å². The Morgan fingerprint density at radius 3 is 0.821 bits per heavy atom. The standard InChI is InChI=1S/C54H32N2/c1-5-19-41-33(11-1)23-27-45-49(46-28-24-34-12-2-6-20-42(34)52(46)55-51(41)45)39-17-9-15-37(31-39)38-16-10-18-40(32-38)50-47-29-25-35-13-3-7-21-43(35)53(47)56-54-44-22-8-4-14-36(44)26-30-48(50)54/h1-32H. The summed E-state index contributed by atoms with van der Waals surface area (Å²) in [6, 6.07) is 70.5. The minimum absolute atomic E-state index is 1.03. The van der Waals surface area contributed by atoms with Crippen LogP contribution >= 0.6 is 0 Å². The number of rotatable bonds is 3. The highest BCUT2D eigenvalue weighted by molar-refractivity contribution is 6.23. The summed E-state index contributed by atoms with van der Waals surface area (Å²) < 4.78 is 0. The predicted octanol–water partition coefficient (Wildman–Crippen LogP) is 14.7. The first kappa shape index (κ1) is 31.0. The molecular formula is C54H32N2. The van der Waals surface area contributed by atoms with E-state index in [0.29, 0.717) is 0 Å². The van der Waals surface area contributed by atoms with E-state index in [9.17, 15) is 0 Å². The molecule has 0 unspecified atom stereocenters. The van der Waals surface area contributed by atoms with Gasteiger partial charge in [0.15, 0.2) is 0 Å². The number of nitrogens with zero attached hydrogens (tertiary/aromatic N) is 2. The largest absolute Gasteiger partial charge is 0.246 e. The number of aromatic nitrogens is 2. The molecule has 0 atom stereocenters. The molecule has 12 aromatic rings. The van der Waals surface area contributed by atoms with E-state index in [0.717, 1.165) is 43.6 Å². The highest BCUT2D eigenvalue weighted by atomic mass is 14.7. The van der Waals surface area contributed by atoms with E-state index in [1.807, 2.05) is 0 Å². The molecule has 0 N–H and O–H groups in total. The molecule has 2 heterocycles. The zero-order valence-corrected chi connectivity index (χ0v) is 30.4. The third-order valence-corrected chi connectivity index (χ3v) is 11.8. The van der Waals surface area contributed by atoms with Crippen LogP contribution in [0.15, 0.2) is 194 Å². The Hall–Kier alpha value is -7.42. The van der Waals surface area contributed by atoms with Gasteiger partial charge in [0.2, 0.25) is 0 Å². The van der Waals surface area contributed by atoms with E-state index in [1.165, 1.54) is 76.5 Å². The molecule has 0 aliphatic heterocycles. The maximum Gasteiger partial charge on any atom is 0.0794 e. The molecule has 0 amide bonds. The van der Waals surface area contributed by atoms with Crippen LogP contribution in [0.5, 0.6) is 0 Å². The van der Waals surface area contributed by atoms with E-state index in [2.05, 4.69) is 194 Å². The van der Waals surface area contributed by atoms with Gasteiger partial charge in [-0.3, -0.25) is 0 Å². The molecule has 0 aliphatic rings. The fourth-order valence-corrected chi connectivity index (χ4v) is 9.15. The van der Waals surface area contributed by atoms with Crippen molar-refractivity contribution in [3.05, 3.63) is 194 Å². The lowest BCUT2D eigenvalue weighted by Crippen LogP contribution is -1.93. The monoisotopic (exact) mass is 708 g/mol. The SMILES string of the molecule is c1cc(-c2cccc(-c3c4ccc5ccccc5c4nc4c3ccc3ccccc34)c2)cc(-c2c3ccc4ccccc4c3nc3c2ccc2ccccc23)c1. The van der Waals surface area contributed by atoms with Crippen LogP contribution in [-0.4, -0.2) is 9.97 Å². The van der Waals surface area contributed by atoms with Crippen molar-refractivity contribution in [2.75, 3.05) is 0 Å². The van der Waals surface area contributed by atoms with Crippen LogP contribution in [-0.2, 0) is 0 Å². The predicted molar refractivity (Wildman–Crippen MR) is 238 cm³/mol. The molecule has 0 fully saturated rings. The van der Waals surface area contributed by atoms with Crippen LogP contribution in [0, 0.1) is 0 Å². The average molecular weight is 709 g/mol. The molecule has 56 heavy (non-hydrogen) atoms. The van der Waals surface area contributed by atoms with Crippen LogP contribution in [0.25, 0.3) is 120 Å². The zero-order chi connectivity index (χ0) is 36.7. The molecule has 10 aromatic carbocycles. The zero-order valence-electron chi connectivity index (χ0n) is 30.4. The third kappa shape index (κ3) is 4.63. The second kappa shape index (κ2) is 12.0. The lowest BCUT2D eigenvalue weighted by molar-refractivity contribution is 1.52. The number of hydrogen-bond donors (Lipinski definition) is 0. The van der Waals surface area contributed by atoms with Gasteiger partial charge in [-0.25, -0.2) is 9.97 Å². The Kier molecular flexibility index (Phi) is 6.66. The fourth-order valence-electron chi connectivity index (χ4n) is 9.15. The summed E-state index contributed by atoms with van der Waals surface area (Å²) in [6.45, 7) is 0. The number of benzene rings is 10. The Balaban J connectivity index is 1.10. The second-order valence-corrected chi connectivity index (χ2v) is 14.9. The molecule has 2 nitrogen and oxygen atoms in total. The van der Waals surface area contributed by atoms with Crippen molar-refractivity contribution in [1.29, 1.82) is 0 Å². The number of pyridine rings is 2. The topological polar surface area (TPSA) is 25.8 Å². The van der Waals surface area contributed by atoms with Crippen LogP contribution in [0.1, 0.15) is 0 Å². The van der Waals surface area contributed by atoms with Crippen molar-refractivity contribution in [3.63, 3.8) is 0 Å². The highest BCUT2D eigenvalue weighted by Gasteiger charge is 2.18. The minimum Gasteiger partial charge on any atom is -0.246 e. The summed E-state index contributed by atoms with van der Waals surface area (Å²) in [7, 11) is 0. The normalized spacial score (nSPS) is 11.9. The maximum atomic E-state index is 5.43. The lowest BCUT2D eigenvalue weighted by atomic mass is 9.89. The summed E-state index contributed by atoms with van der Waals surface area (Å²) in [5, 5.41) is 14.1. The first-order valence-corrected chi connectivity index (χ1v) is 19.2. The van der Waals surface area contributed by atoms with Gasteiger partial charge in [0.1, 0.15) is 0 Å². The Labute approximate surface area is 322 Å². The molecule has 2 aromatic heterocycles. The van der Waals surface area contributed by atoms with E-state index < -0.39 is 0 Å². The van der Waals surface area contributed by atoms with Gasteiger partial charge < -0.3 is 0 Å². The molecular weight excluding hydrogens is 677 g/mol. The van der Waals surface area contributed by atoms with Gasteiger partial charge in [-0.2, -0.15) is 0 Å². The molecule has 0 bridgehead atoms. The van der Waals surface area contributed by atoms with Crippen molar-refractivity contribution in [3.8, 4) is 33.4 Å². The molecule has 258 valence electrons. The van der Waals surface area contributed by atoms with Gasteiger partial charge in [-0.05, 0) is 55.9 Å². The average Bonchev–Trinajstić information content (AvgIpc) is 3.27. The quantitative estimate of drug-likeness (QED) is 0.135. The molecule has 0 saturated carbocycles. The first-order chi connectivity index (χ1) is 27.8. The number of hydrogen-bond acceptors (Lipinski definition) is 2. The smallest absolute Gasteiger partial charge is 0.0794 e. The Morgan fingerprint density at radius 1 is 0.214 bits per heavy atom. The second-order valence-electron chi connectivity index (χ2n) is 14.9. The van der Waals surface area contributed by atoms with E-state index in [4.69, 9.17) is 9.97 Å². The fraction of sp³-hybridized carbons (Fsp3) is 0. The summed E-state index contributed by atoms with van der Waals surface area (Å²) in [5.41, 5.74) is 11.2. The highest BCUT2D eigenvalue weighted by Crippen LogP contribution is 2.43. The van der Waals surface area contributed by atoms with Crippen molar-refractivity contribution in [1.82, 2.24) is 9.97 Å². The molecule has 0 radical (unpaired) electrons. The lowest BCUT2D eigenvalue weighted by Gasteiger charge is -2.16. The molecule has 12 rings (SSSR count). The summed E-state index contributed by atoms with van der Waals surface area (Å²) in [6.07, 6.45) is 0. The van der Waals surface area contributed by atoms with Crippen LogP contribution < -0.4 is 0 Å². The summed E-state index contributed by atoms with van der Waals surface area (Å²) in [4.78, 5) is 10.9. The minimum atomic E-state index is 1.03. The van der Waals surface area contributed by atoms with Crippen molar-refractivity contribution in [2.24, 2.45) is 0 Å². The third-order valence-electron chi connectivity index (χ3n) is 11.8. The maximum absolute atomic E-state index is 5.43. The van der Waals surface area contributed by atoms with Gasteiger partial charge in [0.25, 0.3) is 0 Å². The molecule has 0 saturated heterocycles. The van der Waals surface area contributed by atoms with Gasteiger partial charge >= 0.3 is 0 Å². The van der Waals surface area contributed by atoms with Gasteiger partial charge in [-0.1, -0.05) is 182 Å². The van der Waals surface area contributed by atoms with Gasteiger partial charge in [0.05, 0.1) is 22.1 Å². The van der Waals surface area contributed by atoms with Crippen LogP contribution in [0.4, 0.5) is 0 Å². The molecule has 0 spiro atoms. The van der Waals surface area contributed by atoms with Gasteiger partial charge in [0, 0.05) is 54.2 Å². The van der Waals surface area contributed by atoms with E-state index in [-0.39, 0.29) is 0 Å². The van der Waals surface area contributed by atoms with E-state index in [1.54, 1.807) is 0 Å². The molecule has 0 aliphatic carbocycles. The van der Waals surface area contributed by atoms with Crippen LogP contribution in [0.3, 0.4) is 0 Å². The molecule has 2 heteroatoms. The van der Waals surface area contributed by atoms with Crippen molar-refractivity contribution in [2.45, 2.75) is 0 Å². The van der Waals surface area contributed by atoms with Crippen LogP contribution in [0.2, 0.25) is 0 Å². The van der Waals surface area contributed by atoms with E-state index >= 15 is 0 Å². The number of fused-ring (bicyclic) bond motifs is 12. The summed E-state index contributed by atoms with van der Waals surface area (Å²) in [5.74, 6) is 0. The Morgan fingerprint density at radius 2 is 0.500 bits per heavy atom.